The molecule has 0 aliphatic rings. The third-order valence-corrected chi connectivity index (χ3v) is 20.1. The van der Waals surface area contributed by atoms with Crippen LogP contribution in [0.2, 0.25) is 0 Å². The van der Waals surface area contributed by atoms with Gasteiger partial charge in [-0.05, 0) is 43.4 Å². The number of unbranched alkanes of at least 4 members (excludes halogenated alkanes) is 42. The summed E-state index contributed by atoms with van der Waals surface area (Å²) in [6.07, 6.45) is 54.5. The number of phosphoric acid groups is 2. The number of aliphatic hydroxyl groups excluding tert-OH is 1. The van der Waals surface area contributed by atoms with Crippen molar-refractivity contribution in [2.45, 2.75) is 414 Å². The number of hydrogen-bond donors (Lipinski definition) is 3. The lowest BCUT2D eigenvalue weighted by Gasteiger charge is -2.21. The Balaban J connectivity index is 5.18. The van der Waals surface area contributed by atoms with Gasteiger partial charge in [0.1, 0.15) is 19.3 Å². The van der Waals surface area contributed by atoms with Crippen LogP contribution in [0.5, 0.6) is 0 Å². The summed E-state index contributed by atoms with van der Waals surface area (Å²) in [6.45, 7) is 11.8. The fraction of sp³-hybridized carbons (Fsp3) is 0.948. The maximum absolute atomic E-state index is 13.1. The molecule has 0 aromatic rings. The predicted molar refractivity (Wildman–Crippen MR) is 391 cm³/mol. The van der Waals surface area contributed by atoms with Crippen molar-refractivity contribution in [3.63, 3.8) is 0 Å². The summed E-state index contributed by atoms with van der Waals surface area (Å²) in [5.41, 5.74) is 0. The zero-order chi connectivity index (χ0) is 70.9. The highest BCUT2D eigenvalue weighted by atomic mass is 31.2. The average Bonchev–Trinajstić information content (AvgIpc) is 1.15. The Kier molecular flexibility index (Phi) is 66.2. The highest BCUT2D eigenvalue weighted by Crippen LogP contribution is 2.45. The average molecular weight is 1410 g/mol. The van der Waals surface area contributed by atoms with E-state index in [-0.39, 0.29) is 25.7 Å². The van der Waals surface area contributed by atoms with Crippen molar-refractivity contribution in [2.24, 2.45) is 17.8 Å². The standard InChI is InChI=1S/C77H150O17P2/c1-8-10-11-12-13-14-15-16-17-18-19-20-21-22-23-24-25-26-31-38-46-53-60-76(81)93-72(64-87-74(79)58-51-44-37-30-28-27-29-36-43-50-57-70(7)9-2)66-91-95(83,84)89-62-71(78)63-90-96(85,86)92-67-73(94-77(82)61-54-47-40-33-35-42-49-56-69(5)6)65-88-75(80)59-52-45-39-32-34-41-48-55-68(3)4/h68-73,78H,8-67H2,1-7H3,(H,83,84)(H,85,86)/t70?,71-,72-,73-/m1/s1. The van der Waals surface area contributed by atoms with Crippen LogP contribution in [0.25, 0.3) is 0 Å². The molecule has 0 heterocycles. The maximum atomic E-state index is 13.1. The van der Waals surface area contributed by atoms with Crippen LogP contribution in [0.3, 0.4) is 0 Å². The number of esters is 4. The first-order valence-corrected chi connectivity index (χ1v) is 42.9. The van der Waals surface area contributed by atoms with Crippen molar-refractivity contribution in [1.82, 2.24) is 0 Å². The minimum absolute atomic E-state index is 0.103. The molecule has 0 saturated carbocycles. The van der Waals surface area contributed by atoms with Crippen LogP contribution in [-0.2, 0) is 65.4 Å². The van der Waals surface area contributed by atoms with Gasteiger partial charge < -0.3 is 33.8 Å². The molecule has 0 aromatic carbocycles. The number of hydrogen-bond acceptors (Lipinski definition) is 15. The number of rotatable bonds is 75. The van der Waals surface area contributed by atoms with Crippen molar-refractivity contribution in [2.75, 3.05) is 39.6 Å². The Morgan fingerprint density at radius 1 is 0.302 bits per heavy atom. The molecule has 6 atom stereocenters. The van der Waals surface area contributed by atoms with Crippen molar-refractivity contribution < 1.29 is 80.2 Å². The van der Waals surface area contributed by atoms with Crippen molar-refractivity contribution in [3.05, 3.63) is 0 Å². The Hall–Kier alpha value is -1.94. The first-order chi connectivity index (χ1) is 46.3. The van der Waals surface area contributed by atoms with Gasteiger partial charge in [-0.2, -0.15) is 0 Å². The predicted octanol–water partition coefficient (Wildman–Crippen LogP) is 22.6. The number of aliphatic hydroxyl groups is 1. The molecule has 0 spiro atoms. The van der Waals surface area contributed by atoms with E-state index in [9.17, 15) is 43.2 Å². The highest BCUT2D eigenvalue weighted by Gasteiger charge is 2.30. The lowest BCUT2D eigenvalue weighted by Crippen LogP contribution is -2.30. The zero-order valence-corrected chi connectivity index (χ0v) is 64.6. The zero-order valence-electron chi connectivity index (χ0n) is 62.8. The molecule has 17 nitrogen and oxygen atoms in total. The van der Waals surface area contributed by atoms with E-state index >= 15 is 0 Å². The molecule has 96 heavy (non-hydrogen) atoms. The van der Waals surface area contributed by atoms with Gasteiger partial charge in [0.2, 0.25) is 0 Å². The molecule has 0 rings (SSSR count). The first kappa shape index (κ1) is 94.1. The van der Waals surface area contributed by atoms with Gasteiger partial charge in [0.25, 0.3) is 0 Å². The summed E-state index contributed by atoms with van der Waals surface area (Å²) >= 11 is 0. The van der Waals surface area contributed by atoms with Gasteiger partial charge >= 0.3 is 39.5 Å². The molecule has 3 unspecified atom stereocenters. The molecule has 0 radical (unpaired) electrons. The monoisotopic (exact) mass is 1410 g/mol. The summed E-state index contributed by atoms with van der Waals surface area (Å²) in [5.74, 6) is 0.0877. The van der Waals surface area contributed by atoms with E-state index in [0.29, 0.717) is 37.5 Å². The molecule has 570 valence electrons. The normalized spacial score (nSPS) is 14.3. The van der Waals surface area contributed by atoms with E-state index in [2.05, 4.69) is 48.5 Å². The van der Waals surface area contributed by atoms with E-state index in [0.717, 1.165) is 102 Å². The first-order valence-electron chi connectivity index (χ1n) is 39.9. The Bertz CT molecular complexity index is 1870. The molecule has 0 amide bonds. The van der Waals surface area contributed by atoms with E-state index in [4.69, 9.17) is 37.0 Å². The van der Waals surface area contributed by atoms with Crippen LogP contribution in [0.15, 0.2) is 0 Å². The van der Waals surface area contributed by atoms with E-state index in [1.54, 1.807) is 0 Å². The van der Waals surface area contributed by atoms with Gasteiger partial charge in [-0.3, -0.25) is 37.3 Å². The van der Waals surface area contributed by atoms with E-state index in [1.807, 2.05) is 0 Å². The molecule has 0 saturated heterocycles. The molecule has 0 aliphatic heterocycles. The lowest BCUT2D eigenvalue weighted by molar-refractivity contribution is -0.161. The van der Waals surface area contributed by atoms with Crippen LogP contribution in [0, 0.1) is 17.8 Å². The number of carbonyl (C=O) groups is 4. The topological polar surface area (TPSA) is 237 Å². The van der Waals surface area contributed by atoms with Crippen molar-refractivity contribution in [1.29, 1.82) is 0 Å². The number of carbonyl (C=O) groups excluding carboxylic acids is 4. The SMILES string of the molecule is CCCCCCCCCCCCCCCCCCCCCCCCC(=O)O[C@H](COC(=O)CCCCCCCCCCCCC(C)CC)COP(=O)(O)OC[C@@H](O)COP(=O)(O)OC[C@@H](COC(=O)CCCCCCCCCC(C)C)OC(=O)CCCCCCCCCC(C)C. The van der Waals surface area contributed by atoms with Crippen LogP contribution < -0.4 is 0 Å². The molecule has 0 aliphatic carbocycles. The molecule has 0 aromatic heterocycles. The third-order valence-electron chi connectivity index (χ3n) is 18.2. The Morgan fingerprint density at radius 2 is 0.531 bits per heavy atom. The second kappa shape index (κ2) is 67.5. The molecule has 0 bridgehead atoms. The molecular formula is C77H150O17P2. The van der Waals surface area contributed by atoms with Crippen molar-refractivity contribution in [3.8, 4) is 0 Å². The van der Waals surface area contributed by atoms with Crippen LogP contribution in [0.4, 0.5) is 0 Å². The quantitative estimate of drug-likeness (QED) is 0.0222. The second-order valence-electron chi connectivity index (χ2n) is 28.9. The summed E-state index contributed by atoms with van der Waals surface area (Å²) < 4.78 is 68.5. The van der Waals surface area contributed by atoms with Crippen LogP contribution >= 0.6 is 15.6 Å². The van der Waals surface area contributed by atoms with Crippen molar-refractivity contribution >= 4 is 39.5 Å². The lowest BCUT2D eigenvalue weighted by atomic mass is 9.99. The Morgan fingerprint density at radius 3 is 0.792 bits per heavy atom. The van der Waals surface area contributed by atoms with Gasteiger partial charge in [0.05, 0.1) is 26.4 Å². The largest absolute Gasteiger partial charge is 0.472 e. The van der Waals surface area contributed by atoms with Gasteiger partial charge in [-0.15, -0.1) is 0 Å². The molecule has 3 N–H and O–H groups in total. The number of ether oxygens (including phenoxy) is 4. The number of phosphoric ester groups is 2. The fourth-order valence-electron chi connectivity index (χ4n) is 11.7. The minimum atomic E-state index is -4.96. The summed E-state index contributed by atoms with van der Waals surface area (Å²) in [7, 11) is -9.91. The smallest absolute Gasteiger partial charge is 0.462 e. The van der Waals surface area contributed by atoms with E-state index < -0.39 is 97.5 Å². The van der Waals surface area contributed by atoms with Gasteiger partial charge in [-0.1, -0.05) is 344 Å². The van der Waals surface area contributed by atoms with Crippen LogP contribution in [0.1, 0.15) is 395 Å². The summed E-state index contributed by atoms with van der Waals surface area (Å²) in [4.78, 5) is 72.7. The Labute approximate surface area is 588 Å². The third kappa shape index (κ3) is 69.2. The molecule has 0 fully saturated rings. The fourth-order valence-corrected chi connectivity index (χ4v) is 13.3. The van der Waals surface area contributed by atoms with Gasteiger partial charge in [0.15, 0.2) is 12.2 Å². The molecule has 19 heteroatoms. The second-order valence-corrected chi connectivity index (χ2v) is 31.8. The summed E-state index contributed by atoms with van der Waals surface area (Å²) in [5, 5.41) is 10.6. The summed E-state index contributed by atoms with van der Waals surface area (Å²) in [6, 6.07) is 0. The minimum Gasteiger partial charge on any atom is -0.462 e. The highest BCUT2D eigenvalue weighted by molar-refractivity contribution is 7.47. The maximum Gasteiger partial charge on any atom is 0.472 e. The van der Waals surface area contributed by atoms with Crippen LogP contribution in [-0.4, -0.2) is 96.7 Å². The van der Waals surface area contributed by atoms with Gasteiger partial charge in [-0.25, -0.2) is 9.13 Å². The van der Waals surface area contributed by atoms with Gasteiger partial charge in [0, 0.05) is 25.7 Å². The van der Waals surface area contributed by atoms with E-state index in [1.165, 1.54) is 199 Å². The molecular weight excluding hydrogens is 1260 g/mol.